The van der Waals surface area contributed by atoms with Gasteiger partial charge in [0.05, 0.1) is 16.4 Å². The first kappa shape index (κ1) is 13.7. The minimum absolute atomic E-state index is 0.0710. The van der Waals surface area contributed by atoms with Crippen molar-refractivity contribution in [3.63, 3.8) is 0 Å². The molecule has 0 spiro atoms. The summed E-state index contributed by atoms with van der Waals surface area (Å²) < 4.78 is 3.03. The second-order valence-electron chi connectivity index (χ2n) is 4.99. The molecule has 0 amide bonds. The van der Waals surface area contributed by atoms with E-state index in [4.69, 9.17) is 5.73 Å². The number of hydrogen-bond acceptors (Lipinski definition) is 2. The smallest absolute Gasteiger partial charge is 0.0696 e. The zero-order valence-corrected chi connectivity index (χ0v) is 12.2. The maximum absolute atomic E-state index is 6.24. The lowest BCUT2D eigenvalue weighted by atomic mass is 10.0. The third-order valence-corrected chi connectivity index (χ3v) is 3.29. The van der Waals surface area contributed by atoms with Gasteiger partial charge in [-0.3, -0.25) is 4.68 Å². The molecule has 1 aromatic heterocycles. The average Bonchev–Trinajstić information content (AvgIpc) is 2.56. The van der Waals surface area contributed by atoms with Gasteiger partial charge in [0, 0.05) is 12.1 Å². The topological polar surface area (TPSA) is 43.8 Å². The fraction of sp³-hybridized carbons (Fsp3) is 0.750. The van der Waals surface area contributed by atoms with Crippen LogP contribution in [0.5, 0.6) is 0 Å². The Morgan fingerprint density at radius 2 is 1.94 bits per heavy atom. The van der Waals surface area contributed by atoms with E-state index >= 15 is 0 Å². The maximum Gasteiger partial charge on any atom is 0.0696 e. The second-order valence-corrected chi connectivity index (χ2v) is 5.85. The molecule has 2 N–H and O–H groups in total. The Hall–Kier alpha value is -0.350. The van der Waals surface area contributed by atoms with Gasteiger partial charge < -0.3 is 5.73 Å². The molecule has 1 unspecified atom stereocenters. The lowest BCUT2D eigenvalue weighted by Crippen LogP contribution is -2.18. The molecule has 0 radical (unpaired) electrons. The summed E-state index contributed by atoms with van der Waals surface area (Å²) in [7, 11) is 0. The first-order valence-electron chi connectivity index (χ1n) is 5.92. The Balaban J connectivity index is 2.81. The summed E-state index contributed by atoms with van der Waals surface area (Å²) in [6, 6.07) is 0.424. The molecule has 0 saturated carbocycles. The fourth-order valence-electron chi connectivity index (χ4n) is 1.76. The molecule has 0 aromatic carbocycles. The predicted molar refractivity (Wildman–Crippen MR) is 71.3 cm³/mol. The Bertz CT molecular complexity index is 331. The van der Waals surface area contributed by atoms with Gasteiger partial charge in [0.2, 0.25) is 0 Å². The minimum atomic E-state index is 0.0710. The van der Waals surface area contributed by atoms with Crippen LogP contribution >= 0.6 is 15.9 Å². The molecule has 0 saturated heterocycles. The van der Waals surface area contributed by atoms with Crippen molar-refractivity contribution in [1.29, 1.82) is 0 Å². The van der Waals surface area contributed by atoms with Crippen molar-refractivity contribution in [1.82, 2.24) is 9.78 Å². The zero-order valence-electron chi connectivity index (χ0n) is 10.6. The summed E-state index contributed by atoms with van der Waals surface area (Å²) >= 11 is 3.53. The van der Waals surface area contributed by atoms with Crippen LogP contribution in [0.15, 0.2) is 10.7 Å². The summed E-state index contributed by atoms with van der Waals surface area (Å²) in [6.07, 6.45) is 4.00. The van der Waals surface area contributed by atoms with E-state index in [1.807, 2.05) is 10.9 Å². The van der Waals surface area contributed by atoms with Crippen LogP contribution in [-0.4, -0.2) is 9.78 Å². The highest BCUT2D eigenvalue weighted by molar-refractivity contribution is 9.10. The third-order valence-electron chi connectivity index (χ3n) is 2.68. The standard InChI is InChI=1S/C12H22BrN3/c1-8(2)5-6-11(14)12-10(13)7-15-16(12)9(3)4/h7-9,11H,5-6,14H2,1-4H3. The van der Waals surface area contributed by atoms with Crippen LogP contribution < -0.4 is 5.73 Å². The second kappa shape index (κ2) is 5.82. The van der Waals surface area contributed by atoms with E-state index in [9.17, 15) is 0 Å². The molecule has 0 bridgehead atoms. The van der Waals surface area contributed by atoms with Gasteiger partial charge in [-0.25, -0.2) is 0 Å². The highest BCUT2D eigenvalue weighted by Gasteiger charge is 2.18. The summed E-state index contributed by atoms with van der Waals surface area (Å²) in [5, 5.41) is 4.35. The van der Waals surface area contributed by atoms with Crippen LogP contribution in [0.3, 0.4) is 0 Å². The highest BCUT2D eigenvalue weighted by Crippen LogP contribution is 2.27. The van der Waals surface area contributed by atoms with Crippen molar-refractivity contribution in [2.45, 2.75) is 52.6 Å². The zero-order chi connectivity index (χ0) is 12.3. The van der Waals surface area contributed by atoms with Gasteiger partial charge in [0.15, 0.2) is 0 Å². The Morgan fingerprint density at radius 3 is 2.44 bits per heavy atom. The fourth-order valence-corrected chi connectivity index (χ4v) is 2.33. The van der Waals surface area contributed by atoms with Gasteiger partial charge in [0.25, 0.3) is 0 Å². The SMILES string of the molecule is CC(C)CCC(N)c1c(Br)cnn1C(C)C. The Kier molecular flexibility index (Phi) is 4.99. The molecule has 0 aliphatic rings. The van der Waals surface area contributed by atoms with E-state index in [1.54, 1.807) is 0 Å². The van der Waals surface area contributed by atoms with Crippen LogP contribution in [0.1, 0.15) is 58.3 Å². The number of nitrogens with zero attached hydrogens (tertiary/aromatic N) is 2. The van der Waals surface area contributed by atoms with Crippen molar-refractivity contribution in [2.75, 3.05) is 0 Å². The lowest BCUT2D eigenvalue weighted by Gasteiger charge is -2.18. The minimum Gasteiger partial charge on any atom is -0.323 e. The Labute approximate surface area is 107 Å². The van der Waals surface area contributed by atoms with E-state index in [0.717, 1.165) is 23.0 Å². The molecule has 1 heterocycles. The molecule has 0 aliphatic carbocycles. The molecular formula is C12H22BrN3. The van der Waals surface area contributed by atoms with E-state index in [-0.39, 0.29) is 6.04 Å². The van der Waals surface area contributed by atoms with Crippen LogP contribution in [0.25, 0.3) is 0 Å². The van der Waals surface area contributed by atoms with Crippen molar-refractivity contribution in [3.05, 3.63) is 16.4 Å². The summed E-state index contributed by atoms with van der Waals surface area (Å²) in [5.41, 5.74) is 7.36. The van der Waals surface area contributed by atoms with E-state index in [1.165, 1.54) is 0 Å². The highest BCUT2D eigenvalue weighted by atomic mass is 79.9. The van der Waals surface area contributed by atoms with Gasteiger partial charge in [-0.05, 0) is 48.5 Å². The van der Waals surface area contributed by atoms with Gasteiger partial charge in [-0.2, -0.15) is 5.10 Å². The largest absolute Gasteiger partial charge is 0.323 e. The molecule has 1 rings (SSSR count). The van der Waals surface area contributed by atoms with E-state index in [2.05, 4.69) is 48.7 Å². The van der Waals surface area contributed by atoms with Crippen LogP contribution in [0.4, 0.5) is 0 Å². The first-order chi connectivity index (χ1) is 7.43. The number of nitrogens with two attached hydrogens (primary N) is 1. The molecular weight excluding hydrogens is 266 g/mol. The molecule has 0 fully saturated rings. The monoisotopic (exact) mass is 287 g/mol. The molecule has 4 heteroatoms. The van der Waals surface area contributed by atoms with Gasteiger partial charge in [0.1, 0.15) is 0 Å². The summed E-state index contributed by atoms with van der Waals surface area (Å²) in [5.74, 6) is 0.695. The number of hydrogen-bond donors (Lipinski definition) is 1. The van der Waals surface area contributed by atoms with Crippen LogP contribution in [0, 0.1) is 5.92 Å². The van der Waals surface area contributed by atoms with Crippen molar-refractivity contribution < 1.29 is 0 Å². The van der Waals surface area contributed by atoms with Crippen molar-refractivity contribution >= 4 is 15.9 Å². The van der Waals surface area contributed by atoms with Gasteiger partial charge in [-0.15, -0.1) is 0 Å². The van der Waals surface area contributed by atoms with Gasteiger partial charge in [-0.1, -0.05) is 13.8 Å². The maximum atomic E-state index is 6.24. The quantitative estimate of drug-likeness (QED) is 0.898. The molecule has 1 atom stereocenters. The van der Waals surface area contributed by atoms with Crippen LogP contribution in [0.2, 0.25) is 0 Å². The average molecular weight is 288 g/mol. The first-order valence-corrected chi connectivity index (χ1v) is 6.71. The van der Waals surface area contributed by atoms with Crippen molar-refractivity contribution in [2.24, 2.45) is 11.7 Å². The van der Waals surface area contributed by atoms with Crippen LogP contribution in [-0.2, 0) is 0 Å². The number of aromatic nitrogens is 2. The molecule has 3 nitrogen and oxygen atoms in total. The third kappa shape index (κ3) is 3.32. The van der Waals surface area contributed by atoms with Crippen molar-refractivity contribution in [3.8, 4) is 0 Å². The number of rotatable bonds is 5. The molecule has 1 aromatic rings. The summed E-state index contributed by atoms with van der Waals surface area (Å²) in [4.78, 5) is 0. The van der Waals surface area contributed by atoms with Gasteiger partial charge >= 0.3 is 0 Å². The Morgan fingerprint density at radius 1 is 1.31 bits per heavy atom. The number of halogens is 1. The molecule has 16 heavy (non-hydrogen) atoms. The molecule has 92 valence electrons. The predicted octanol–water partition coefficient (Wildman–Crippen LogP) is 3.66. The lowest BCUT2D eigenvalue weighted by molar-refractivity contribution is 0.449. The summed E-state index contributed by atoms with van der Waals surface area (Å²) in [6.45, 7) is 8.69. The van der Waals surface area contributed by atoms with E-state index < -0.39 is 0 Å². The normalized spacial score (nSPS) is 13.8. The molecule has 0 aliphatic heterocycles. The van der Waals surface area contributed by atoms with E-state index in [0.29, 0.717) is 12.0 Å².